The van der Waals surface area contributed by atoms with Crippen molar-refractivity contribution >= 4 is 40.0 Å². The predicted octanol–water partition coefficient (Wildman–Crippen LogP) is 4.38. The van der Waals surface area contributed by atoms with Gasteiger partial charge in [-0.1, -0.05) is 49.9 Å². The highest BCUT2D eigenvalue weighted by molar-refractivity contribution is 7.99. The first-order valence-corrected chi connectivity index (χ1v) is 10.9. The molecule has 0 aliphatic rings. The molecule has 0 aliphatic carbocycles. The van der Waals surface area contributed by atoms with Crippen LogP contribution in [0.25, 0.3) is 10.9 Å². The van der Waals surface area contributed by atoms with E-state index in [1.165, 1.54) is 18.7 Å². The smallest absolute Gasteiger partial charge is 0.262 e. The number of ketones is 1. The second kappa shape index (κ2) is 9.71. The number of para-hydroxylation sites is 1. The number of hydrogen-bond donors (Lipinski definition) is 1. The fourth-order valence-corrected chi connectivity index (χ4v) is 3.81. The summed E-state index contributed by atoms with van der Waals surface area (Å²) in [6.07, 6.45) is 0.845. The number of carbonyl (C=O) groups is 2. The van der Waals surface area contributed by atoms with E-state index in [-0.39, 0.29) is 23.0 Å². The van der Waals surface area contributed by atoms with Crippen molar-refractivity contribution < 1.29 is 9.59 Å². The van der Waals surface area contributed by atoms with Crippen molar-refractivity contribution in [1.82, 2.24) is 9.55 Å². The molecule has 3 aromatic rings. The van der Waals surface area contributed by atoms with Gasteiger partial charge in [-0.3, -0.25) is 19.0 Å². The summed E-state index contributed by atoms with van der Waals surface area (Å²) in [6, 6.07) is 14.1. The molecule has 1 aromatic heterocycles. The molecule has 1 amide bonds. The minimum absolute atomic E-state index is 0.0602. The Morgan fingerprint density at radius 2 is 1.90 bits per heavy atom. The Kier molecular flexibility index (Phi) is 7.05. The second-order valence-corrected chi connectivity index (χ2v) is 8.47. The van der Waals surface area contributed by atoms with E-state index >= 15 is 0 Å². The number of thioether (sulfide) groups is 1. The summed E-state index contributed by atoms with van der Waals surface area (Å²) in [5.74, 6) is 0.267. The van der Waals surface area contributed by atoms with E-state index in [1.54, 1.807) is 41.0 Å². The van der Waals surface area contributed by atoms with Crippen LogP contribution >= 0.6 is 11.8 Å². The topological polar surface area (TPSA) is 81.1 Å². The number of anilines is 1. The minimum Gasteiger partial charge on any atom is -0.325 e. The van der Waals surface area contributed by atoms with Gasteiger partial charge in [-0.15, -0.1) is 0 Å². The quantitative estimate of drug-likeness (QED) is 0.330. The van der Waals surface area contributed by atoms with Crippen molar-refractivity contribution in [1.29, 1.82) is 0 Å². The average Bonchev–Trinajstić information content (AvgIpc) is 2.71. The number of carbonyl (C=O) groups excluding carboxylic acids is 2. The lowest BCUT2D eigenvalue weighted by molar-refractivity contribution is -0.113. The van der Waals surface area contributed by atoms with E-state index in [9.17, 15) is 14.4 Å². The predicted molar refractivity (Wildman–Crippen MR) is 121 cm³/mol. The molecular weight excluding hydrogens is 398 g/mol. The number of nitrogens with one attached hydrogen (secondary N) is 1. The van der Waals surface area contributed by atoms with Gasteiger partial charge in [0, 0.05) is 17.8 Å². The maximum atomic E-state index is 13.0. The molecule has 0 atom stereocenters. The number of fused-ring (bicyclic) bond motifs is 1. The molecule has 1 N–H and O–H groups in total. The molecule has 0 saturated carbocycles. The Morgan fingerprint density at radius 3 is 2.63 bits per heavy atom. The zero-order chi connectivity index (χ0) is 21.7. The van der Waals surface area contributed by atoms with E-state index in [4.69, 9.17) is 0 Å². The molecule has 0 unspecified atom stereocenters. The number of aromatic nitrogens is 2. The van der Waals surface area contributed by atoms with E-state index in [0.717, 1.165) is 6.42 Å². The fraction of sp³-hybridized carbons (Fsp3) is 0.304. The molecule has 7 heteroatoms. The Hall–Kier alpha value is -2.93. The van der Waals surface area contributed by atoms with E-state index < -0.39 is 0 Å². The molecule has 0 bridgehead atoms. The summed E-state index contributed by atoms with van der Waals surface area (Å²) in [5.41, 5.74) is 1.65. The number of benzene rings is 2. The third kappa shape index (κ3) is 5.36. The van der Waals surface area contributed by atoms with Gasteiger partial charge in [0.15, 0.2) is 10.9 Å². The summed E-state index contributed by atoms with van der Waals surface area (Å²) in [5, 5.41) is 3.92. The zero-order valence-corrected chi connectivity index (χ0v) is 18.2. The van der Waals surface area contributed by atoms with Crippen LogP contribution in [-0.2, 0) is 11.3 Å². The number of Topliss-reactive ketones (excluding diaryl/α,β-unsaturated/α-hetero) is 1. The van der Waals surface area contributed by atoms with Crippen molar-refractivity contribution in [2.75, 3.05) is 11.1 Å². The van der Waals surface area contributed by atoms with Gasteiger partial charge in [0.1, 0.15) is 0 Å². The highest BCUT2D eigenvalue weighted by Crippen LogP contribution is 2.20. The molecule has 0 spiro atoms. The maximum Gasteiger partial charge on any atom is 0.262 e. The van der Waals surface area contributed by atoms with Crippen LogP contribution in [0.4, 0.5) is 5.69 Å². The van der Waals surface area contributed by atoms with E-state index in [0.29, 0.717) is 39.8 Å². The van der Waals surface area contributed by atoms with Gasteiger partial charge in [-0.05, 0) is 43.5 Å². The summed E-state index contributed by atoms with van der Waals surface area (Å²) in [4.78, 5) is 41.6. The van der Waals surface area contributed by atoms with Crippen LogP contribution < -0.4 is 10.9 Å². The van der Waals surface area contributed by atoms with Crippen LogP contribution in [0.3, 0.4) is 0 Å². The van der Waals surface area contributed by atoms with Crippen LogP contribution in [0.15, 0.2) is 58.5 Å². The molecule has 156 valence electrons. The highest BCUT2D eigenvalue weighted by atomic mass is 32.2. The first-order chi connectivity index (χ1) is 14.3. The summed E-state index contributed by atoms with van der Waals surface area (Å²) in [7, 11) is 0. The molecule has 0 saturated heterocycles. The Labute approximate surface area is 179 Å². The molecule has 2 aromatic carbocycles. The highest BCUT2D eigenvalue weighted by Gasteiger charge is 2.14. The summed E-state index contributed by atoms with van der Waals surface area (Å²) in [6.45, 7) is 6.25. The SMILES string of the molecule is CC(=O)c1cccc(NC(=O)CSc2nc3ccccc3c(=O)n2CCC(C)C)c1. The average molecular weight is 424 g/mol. The fourth-order valence-electron chi connectivity index (χ4n) is 2.99. The van der Waals surface area contributed by atoms with Crippen molar-refractivity contribution in [3.8, 4) is 0 Å². The number of rotatable bonds is 8. The van der Waals surface area contributed by atoms with Crippen molar-refractivity contribution in [3.63, 3.8) is 0 Å². The zero-order valence-electron chi connectivity index (χ0n) is 17.3. The van der Waals surface area contributed by atoms with Gasteiger partial charge < -0.3 is 5.32 Å². The third-order valence-corrected chi connectivity index (χ3v) is 5.62. The van der Waals surface area contributed by atoms with Gasteiger partial charge >= 0.3 is 0 Å². The maximum absolute atomic E-state index is 13.0. The first kappa shape index (κ1) is 21.8. The van der Waals surface area contributed by atoms with Gasteiger partial charge in [0.05, 0.1) is 16.7 Å². The van der Waals surface area contributed by atoms with Crippen LogP contribution in [0.2, 0.25) is 0 Å². The normalized spacial score (nSPS) is 11.1. The molecule has 3 rings (SSSR count). The summed E-state index contributed by atoms with van der Waals surface area (Å²) >= 11 is 1.24. The lowest BCUT2D eigenvalue weighted by Crippen LogP contribution is -2.25. The van der Waals surface area contributed by atoms with Crippen molar-refractivity contribution in [2.24, 2.45) is 5.92 Å². The van der Waals surface area contributed by atoms with Gasteiger partial charge in [0.25, 0.3) is 5.56 Å². The lowest BCUT2D eigenvalue weighted by atomic mass is 10.1. The Balaban J connectivity index is 1.79. The number of hydrogen-bond acceptors (Lipinski definition) is 5. The molecule has 6 nitrogen and oxygen atoms in total. The van der Waals surface area contributed by atoms with Crippen molar-refractivity contribution in [3.05, 3.63) is 64.4 Å². The largest absolute Gasteiger partial charge is 0.325 e. The van der Waals surface area contributed by atoms with Gasteiger partial charge in [-0.2, -0.15) is 0 Å². The van der Waals surface area contributed by atoms with Crippen molar-refractivity contribution in [2.45, 2.75) is 38.9 Å². The van der Waals surface area contributed by atoms with Crippen LogP contribution in [-0.4, -0.2) is 27.0 Å². The van der Waals surface area contributed by atoms with Gasteiger partial charge in [-0.25, -0.2) is 4.98 Å². The van der Waals surface area contributed by atoms with Crippen LogP contribution in [0, 0.1) is 5.92 Å². The molecule has 0 fully saturated rings. The van der Waals surface area contributed by atoms with E-state index in [1.807, 2.05) is 12.1 Å². The molecule has 0 aliphatic heterocycles. The lowest BCUT2D eigenvalue weighted by Gasteiger charge is -2.14. The first-order valence-electron chi connectivity index (χ1n) is 9.88. The summed E-state index contributed by atoms with van der Waals surface area (Å²) < 4.78 is 1.66. The number of nitrogens with zero attached hydrogens (tertiary/aromatic N) is 2. The molecule has 30 heavy (non-hydrogen) atoms. The van der Waals surface area contributed by atoms with E-state index in [2.05, 4.69) is 24.1 Å². The van der Waals surface area contributed by atoms with Crippen LogP contribution in [0.1, 0.15) is 37.6 Å². The third-order valence-electron chi connectivity index (χ3n) is 4.64. The monoisotopic (exact) mass is 423 g/mol. The van der Waals surface area contributed by atoms with Crippen LogP contribution in [0.5, 0.6) is 0 Å². The Bertz CT molecular complexity index is 1140. The molecule has 1 heterocycles. The standard InChI is InChI=1S/C23H25N3O3S/c1-15(2)11-12-26-22(29)19-9-4-5-10-20(19)25-23(26)30-14-21(28)24-18-8-6-7-17(13-18)16(3)27/h4-10,13,15H,11-12,14H2,1-3H3,(H,24,28). The Morgan fingerprint density at radius 1 is 1.13 bits per heavy atom. The molecular formula is C23H25N3O3S. The van der Waals surface area contributed by atoms with Gasteiger partial charge in [0.2, 0.25) is 5.91 Å². The number of amides is 1. The second-order valence-electron chi connectivity index (χ2n) is 7.52. The molecule has 0 radical (unpaired) electrons. The minimum atomic E-state index is -0.224.